The first-order valence-corrected chi connectivity index (χ1v) is 12.8. The highest BCUT2D eigenvalue weighted by atomic mass is 32.1. The predicted octanol–water partition coefficient (Wildman–Crippen LogP) is 4.87. The van der Waals surface area contributed by atoms with Crippen LogP contribution in [0.3, 0.4) is 0 Å². The summed E-state index contributed by atoms with van der Waals surface area (Å²) >= 11 is 3.02. The zero-order valence-electron chi connectivity index (χ0n) is 18.5. The second-order valence-corrected chi connectivity index (χ2v) is 10.2. The minimum absolute atomic E-state index is 0.0784. The maximum atomic E-state index is 12.2. The summed E-state index contributed by atoms with van der Waals surface area (Å²) in [5, 5.41) is 26.4. The van der Waals surface area contributed by atoms with Crippen molar-refractivity contribution in [3.8, 4) is 0 Å². The van der Waals surface area contributed by atoms with E-state index in [-0.39, 0.29) is 5.91 Å². The molecule has 0 saturated heterocycles. The van der Waals surface area contributed by atoms with E-state index in [1.165, 1.54) is 22.5 Å². The van der Waals surface area contributed by atoms with Crippen molar-refractivity contribution in [1.29, 1.82) is 0 Å². The molecule has 1 fully saturated rings. The Morgan fingerprint density at radius 1 is 0.912 bits per heavy atom. The number of nitrogens with zero attached hydrogens (tertiary/aromatic N) is 4. The van der Waals surface area contributed by atoms with Crippen molar-refractivity contribution in [2.75, 3.05) is 17.2 Å². The lowest BCUT2D eigenvalue weighted by Crippen LogP contribution is -2.14. The van der Waals surface area contributed by atoms with Gasteiger partial charge in [0.1, 0.15) is 10.0 Å². The Balaban J connectivity index is 1.07. The van der Waals surface area contributed by atoms with Gasteiger partial charge in [-0.15, -0.1) is 20.4 Å². The Morgan fingerprint density at radius 3 is 2.44 bits per heavy atom. The van der Waals surface area contributed by atoms with Crippen LogP contribution in [-0.4, -0.2) is 32.8 Å². The lowest BCUT2D eigenvalue weighted by molar-refractivity contribution is -0.115. The average molecular weight is 489 g/mol. The number of allylic oxidation sites excluding steroid dienone is 1. The maximum absolute atomic E-state index is 12.2. The Hall–Kier alpha value is -3.43. The van der Waals surface area contributed by atoms with Crippen LogP contribution in [0, 0.1) is 5.92 Å². The number of hydrogen-bond acceptors (Lipinski definition) is 8. The summed E-state index contributed by atoms with van der Waals surface area (Å²) < 4.78 is 0. The van der Waals surface area contributed by atoms with E-state index in [1.807, 2.05) is 36.4 Å². The van der Waals surface area contributed by atoms with Crippen molar-refractivity contribution >= 4 is 44.9 Å². The standard InChI is InChI=1S/C25H24N6OS2/c32-21(13-18-9-5-2-6-10-18)27-25-31-29-23(34-25)16-20-14-19(20)15-22-28-30-24(33-22)26-12-11-17-7-3-1-4-8-17/h1-10,15,20H,11-14,16H2,(H,26,30)(H,27,31,32)/b19-15+/t20-/m1/s1. The van der Waals surface area contributed by atoms with Gasteiger partial charge in [0.15, 0.2) is 0 Å². The van der Waals surface area contributed by atoms with Gasteiger partial charge in [0.25, 0.3) is 0 Å². The minimum Gasteiger partial charge on any atom is -0.360 e. The van der Waals surface area contributed by atoms with Crippen molar-refractivity contribution in [3.63, 3.8) is 0 Å². The van der Waals surface area contributed by atoms with E-state index in [1.54, 1.807) is 11.3 Å². The van der Waals surface area contributed by atoms with Gasteiger partial charge < -0.3 is 10.6 Å². The highest BCUT2D eigenvalue weighted by Gasteiger charge is 2.31. The van der Waals surface area contributed by atoms with Crippen molar-refractivity contribution in [2.45, 2.75) is 25.7 Å². The van der Waals surface area contributed by atoms with Gasteiger partial charge in [-0.05, 0) is 36.0 Å². The first-order chi connectivity index (χ1) is 16.7. The second-order valence-electron chi connectivity index (χ2n) is 8.14. The number of rotatable bonds is 10. The van der Waals surface area contributed by atoms with Crippen LogP contribution in [-0.2, 0) is 24.1 Å². The molecule has 1 atom stereocenters. The molecule has 0 unspecified atom stereocenters. The fraction of sp³-hybridized carbons (Fsp3) is 0.240. The van der Waals surface area contributed by atoms with E-state index in [0.29, 0.717) is 17.5 Å². The van der Waals surface area contributed by atoms with Gasteiger partial charge in [-0.2, -0.15) is 0 Å². The highest BCUT2D eigenvalue weighted by molar-refractivity contribution is 7.16. The summed E-state index contributed by atoms with van der Waals surface area (Å²) in [6.45, 7) is 0.832. The van der Waals surface area contributed by atoms with Crippen molar-refractivity contribution < 1.29 is 4.79 Å². The molecule has 1 amide bonds. The van der Waals surface area contributed by atoms with Crippen LogP contribution in [0.2, 0.25) is 0 Å². The fourth-order valence-corrected chi connectivity index (χ4v) is 5.21. The van der Waals surface area contributed by atoms with Gasteiger partial charge in [-0.25, -0.2) is 0 Å². The van der Waals surface area contributed by atoms with Gasteiger partial charge in [0.2, 0.25) is 16.2 Å². The largest absolute Gasteiger partial charge is 0.360 e. The molecule has 0 radical (unpaired) electrons. The molecule has 0 bridgehead atoms. The first kappa shape index (κ1) is 22.4. The van der Waals surface area contributed by atoms with Gasteiger partial charge in [0.05, 0.1) is 6.42 Å². The molecule has 4 aromatic rings. The number of aromatic nitrogens is 4. The van der Waals surface area contributed by atoms with E-state index in [9.17, 15) is 4.79 Å². The third-order valence-corrected chi connectivity index (χ3v) is 7.16. The molecule has 5 rings (SSSR count). The molecule has 2 heterocycles. The summed E-state index contributed by atoms with van der Waals surface area (Å²) in [5.74, 6) is 0.379. The number of anilines is 2. The van der Waals surface area contributed by atoms with E-state index < -0.39 is 0 Å². The normalized spacial score (nSPS) is 15.9. The lowest BCUT2D eigenvalue weighted by Gasteiger charge is -2.01. The smallest absolute Gasteiger partial charge is 0.230 e. The topological polar surface area (TPSA) is 92.7 Å². The maximum Gasteiger partial charge on any atom is 0.230 e. The van der Waals surface area contributed by atoms with Crippen LogP contribution in [0.5, 0.6) is 0 Å². The summed E-state index contributed by atoms with van der Waals surface area (Å²) in [7, 11) is 0. The van der Waals surface area contributed by atoms with Crippen LogP contribution in [0.1, 0.15) is 27.6 Å². The van der Waals surface area contributed by atoms with Crippen molar-refractivity contribution in [3.05, 3.63) is 87.4 Å². The zero-order valence-corrected chi connectivity index (χ0v) is 20.1. The number of amides is 1. The number of hydrogen-bond donors (Lipinski definition) is 2. The van der Waals surface area contributed by atoms with Crippen LogP contribution in [0.4, 0.5) is 10.3 Å². The lowest BCUT2D eigenvalue weighted by atomic mass is 10.1. The molecule has 1 aliphatic rings. The summed E-state index contributed by atoms with van der Waals surface area (Å²) in [6.07, 6.45) is 5.28. The minimum atomic E-state index is -0.0784. The van der Waals surface area contributed by atoms with Gasteiger partial charge in [0, 0.05) is 13.0 Å². The third kappa shape index (κ3) is 6.33. The molecule has 0 aliphatic heterocycles. The summed E-state index contributed by atoms with van der Waals surface area (Å²) in [4.78, 5) is 12.2. The van der Waals surface area contributed by atoms with Crippen LogP contribution < -0.4 is 10.6 Å². The molecule has 2 N–H and O–H groups in total. The van der Waals surface area contributed by atoms with Crippen molar-refractivity contribution in [2.24, 2.45) is 5.92 Å². The van der Waals surface area contributed by atoms with E-state index in [4.69, 9.17) is 0 Å². The van der Waals surface area contributed by atoms with Gasteiger partial charge >= 0.3 is 0 Å². The average Bonchev–Trinajstić information content (AvgIpc) is 3.17. The number of benzene rings is 2. The first-order valence-electron chi connectivity index (χ1n) is 11.2. The molecule has 34 heavy (non-hydrogen) atoms. The Labute approximate surface area is 206 Å². The molecule has 0 spiro atoms. The summed E-state index contributed by atoms with van der Waals surface area (Å²) in [5.41, 5.74) is 3.64. The van der Waals surface area contributed by atoms with Crippen LogP contribution in [0.25, 0.3) is 6.08 Å². The molecule has 2 aromatic carbocycles. The number of carbonyl (C=O) groups excluding carboxylic acids is 1. The van der Waals surface area contributed by atoms with E-state index >= 15 is 0 Å². The van der Waals surface area contributed by atoms with E-state index in [2.05, 4.69) is 61.4 Å². The molecule has 172 valence electrons. The summed E-state index contributed by atoms with van der Waals surface area (Å²) in [6, 6.07) is 20.1. The van der Waals surface area contributed by atoms with Crippen LogP contribution >= 0.6 is 22.7 Å². The van der Waals surface area contributed by atoms with Gasteiger partial charge in [-0.3, -0.25) is 4.79 Å². The fourth-order valence-electron chi connectivity index (χ4n) is 3.63. The monoisotopic (exact) mass is 488 g/mol. The van der Waals surface area contributed by atoms with Crippen molar-refractivity contribution in [1.82, 2.24) is 20.4 Å². The predicted molar refractivity (Wildman–Crippen MR) is 137 cm³/mol. The zero-order chi connectivity index (χ0) is 23.2. The molecular weight excluding hydrogens is 464 g/mol. The number of nitrogens with one attached hydrogen (secondary N) is 2. The Kier molecular flexibility index (Phi) is 7.02. The highest BCUT2D eigenvalue weighted by Crippen LogP contribution is 2.42. The SMILES string of the molecule is O=C(Cc1ccccc1)Nc1nnc(C[C@H]2C/C2=C\c2nnc(NCCc3ccccc3)s2)s1. The molecule has 1 saturated carbocycles. The molecule has 9 heteroatoms. The Bertz CT molecular complexity index is 1270. The quantitative estimate of drug-likeness (QED) is 0.331. The molecule has 2 aromatic heterocycles. The third-order valence-electron chi connectivity index (χ3n) is 5.47. The number of carbonyl (C=O) groups is 1. The Morgan fingerprint density at radius 2 is 1.65 bits per heavy atom. The van der Waals surface area contributed by atoms with Gasteiger partial charge in [-0.1, -0.05) is 88.9 Å². The molecule has 1 aliphatic carbocycles. The molecular formula is C25H24N6OS2. The van der Waals surface area contributed by atoms with Crippen LogP contribution in [0.15, 0.2) is 66.2 Å². The van der Waals surface area contributed by atoms with E-state index in [0.717, 1.165) is 46.5 Å². The molecule has 7 nitrogen and oxygen atoms in total. The second kappa shape index (κ2) is 10.7.